The lowest BCUT2D eigenvalue weighted by Gasteiger charge is -2.16. The van der Waals surface area contributed by atoms with Gasteiger partial charge in [0.2, 0.25) is 5.91 Å². The van der Waals surface area contributed by atoms with Crippen LogP contribution in [-0.4, -0.2) is 52.9 Å². The molecular formula is C27H29N7O2. The van der Waals surface area contributed by atoms with E-state index in [0.29, 0.717) is 49.3 Å². The molecule has 2 aromatic heterocycles. The topological polar surface area (TPSA) is 121 Å². The van der Waals surface area contributed by atoms with Crippen molar-refractivity contribution in [2.45, 2.75) is 13.8 Å². The summed E-state index contributed by atoms with van der Waals surface area (Å²) in [6.45, 7) is 5.28. The minimum Gasteiger partial charge on any atom is -0.368 e. The zero-order valence-electron chi connectivity index (χ0n) is 20.3. The minimum atomic E-state index is -0.229. The van der Waals surface area contributed by atoms with Crippen LogP contribution in [0.15, 0.2) is 66.9 Å². The number of aromatic nitrogens is 3. The van der Waals surface area contributed by atoms with Gasteiger partial charge in [-0.2, -0.15) is 0 Å². The van der Waals surface area contributed by atoms with Crippen molar-refractivity contribution in [3.8, 4) is 11.4 Å². The number of benzene rings is 2. The van der Waals surface area contributed by atoms with E-state index in [1.54, 1.807) is 12.3 Å². The van der Waals surface area contributed by atoms with Crippen molar-refractivity contribution in [1.29, 1.82) is 0 Å². The lowest BCUT2D eigenvalue weighted by molar-refractivity contribution is -0.118. The van der Waals surface area contributed by atoms with Crippen LogP contribution in [0.1, 0.15) is 23.0 Å². The summed E-state index contributed by atoms with van der Waals surface area (Å²) in [5, 5.41) is 14.2. The maximum absolute atomic E-state index is 12.6. The van der Waals surface area contributed by atoms with Crippen molar-refractivity contribution in [1.82, 2.24) is 25.6 Å². The van der Waals surface area contributed by atoms with Gasteiger partial charge in [0, 0.05) is 55.8 Å². The molecule has 4 rings (SSSR count). The van der Waals surface area contributed by atoms with Crippen LogP contribution in [0.2, 0.25) is 0 Å². The minimum absolute atomic E-state index is 0.0792. The summed E-state index contributed by atoms with van der Waals surface area (Å²) in [6.07, 6.45) is 1.71. The number of rotatable bonds is 10. The Morgan fingerprint density at radius 3 is 2.06 bits per heavy atom. The monoisotopic (exact) mass is 483 g/mol. The largest absolute Gasteiger partial charge is 0.368 e. The first-order valence-corrected chi connectivity index (χ1v) is 11.8. The molecule has 0 saturated heterocycles. The fraction of sp³-hybridized carbons (Fsp3) is 0.222. The molecule has 0 radical (unpaired) electrons. The van der Waals surface area contributed by atoms with Crippen molar-refractivity contribution in [3.05, 3.63) is 78.1 Å². The van der Waals surface area contributed by atoms with E-state index in [4.69, 9.17) is 4.98 Å². The lowest BCUT2D eigenvalue weighted by atomic mass is 10.1. The normalized spacial score (nSPS) is 10.6. The Bertz CT molecular complexity index is 1360. The van der Waals surface area contributed by atoms with Gasteiger partial charge in [0.25, 0.3) is 5.91 Å². The molecule has 0 saturated carbocycles. The van der Waals surface area contributed by atoms with Crippen molar-refractivity contribution in [2.75, 3.05) is 36.8 Å². The van der Waals surface area contributed by atoms with Gasteiger partial charge in [-0.25, -0.2) is 9.97 Å². The third-order valence-corrected chi connectivity index (χ3v) is 5.54. The number of amides is 2. The van der Waals surface area contributed by atoms with Crippen molar-refractivity contribution in [2.24, 2.45) is 0 Å². The molecule has 184 valence electrons. The molecule has 0 aliphatic rings. The van der Waals surface area contributed by atoms with E-state index in [1.807, 2.05) is 61.5 Å². The van der Waals surface area contributed by atoms with Crippen molar-refractivity contribution >= 4 is 34.2 Å². The Kier molecular flexibility index (Phi) is 8.02. The molecule has 2 aromatic carbocycles. The number of nitrogens with one attached hydrogen (secondary N) is 4. The van der Waals surface area contributed by atoms with Crippen LogP contribution in [0, 0.1) is 6.92 Å². The molecule has 0 atom stereocenters. The summed E-state index contributed by atoms with van der Waals surface area (Å²) in [5.74, 6) is 1.62. The van der Waals surface area contributed by atoms with Crippen LogP contribution >= 0.6 is 0 Å². The summed E-state index contributed by atoms with van der Waals surface area (Å²) >= 11 is 0. The Hall–Kier alpha value is -4.53. The number of anilines is 2. The highest BCUT2D eigenvalue weighted by Gasteiger charge is 2.13. The summed E-state index contributed by atoms with van der Waals surface area (Å²) in [6, 6.07) is 19.3. The second-order valence-electron chi connectivity index (χ2n) is 8.24. The molecule has 4 aromatic rings. The van der Waals surface area contributed by atoms with Gasteiger partial charge >= 0.3 is 0 Å². The molecule has 9 nitrogen and oxygen atoms in total. The second kappa shape index (κ2) is 11.7. The Labute approximate surface area is 209 Å². The summed E-state index contributed by atoms with van der Waals surface area (Å²) in [5.41, 5.74) is 2.12. The van der Waals surface area contributed by atoms with Crippen LogP contribution in [0.25, 0.3) is 22.2 Å². The van der Waals surface area contributed by atoms with E-state index in [0.717, 1.165) is 21.9 Å². The predicted octanol–water partition coefficient (Wildman–Crippen LogP) is 3.39. The number of fused-ring (bicyclic) bond motifs is 1. The van der Waals surface area contributed by atoms with Gasteiger partial charge < -0.3 is 21.3 Å². The Balaban J connectivity index is 1.41. The number of pyridine rings is 1. The van der Waals surface area contributed by atoms with Gasteiger partial charge in [-0.1, -0.05) is 54.6 Å². The summed E-state index contributed by atoms with van der Waals surface area (Å²) in [7, 11) is 0. The maximum atomic E-state index is 12.6. The number of nitrogens with zero attached hydrogens (tertiary/aromatic N) is 3. The molecular weight excluding hydrogens is 454 g/mol. The van der Waals surface area contributed by atoms with Crippen molar-refractivity contribution < 1.29 is 9.59 Å². The molecule has 0 spiro atoms. The van der Waals surface area contributed by atoms with Crippen molar-refractivity contribution in [3.63, 3.8) is 0 Å². The quantitative estimate of drug-likeness (QED) is 0.255. The third-order valence-electron chi connectivity index (χ3n) is 5.54. The van der Waals surface area contributed by atoms with Gasteiger partial charge in [-0.15, -0.1) is 0 Å². The highest BCUT2D eigenvalue weighted by Crippen LogP contribution is 2.25. The van der Waals surface area contributed by atoms with Gasteiger partial charge in [-0.3, -0.25) is 14.6 Å². The van der Waals surface area contributed by atoms with E-state index in [1.165, 1.54) is 6.92 Å². The molecule has 0 aliphatic heterocycles. The van der Waals surface area contributed by atoms with Crippen LogP contribution in [-0.2, 0) is 4.79 Å². The van der Waals surface area contributed by atoms with Gasteiger partial charge in [0.1, 0.15) is 17.3 Å². The molecule has 0 bridgehead atoms. The van der Waals surface area contributed by atoms with Gasteiger partial charge in [0.15, 0.2) is 5.82 Å². The molecule has 2 amide bonds. The average Bonchev–Trinajstić information content (AvgIpc) is 2.90. The van der Waals surface area contributed by atoms with E-state index in [2.05, 4.69) is 31.2 Å². The first-order chi connectivity index (χ1) is 17.5. The Morgan fingerprint density at radius 2 is 1.39 bits per heavy atom. The standard InChI is InChI=1S/C27H29N7O2/c1-18-24(29-13-12-28-19(2)35)33-26(20-8-4-3-5-9-20)34-25(18)30-14-15-31-27(36)23-16-21-10-6-7-11-22(21)17-32-23/h3-11,16-17H,12-15H2,1-2H3,(H,28,35)(H,31,36)(H2,29,30,33,34). The molecule has 0 unspecified atom stereocenters. The number of carbonyl (C=O) groups is 2. The molecule has 36 heavy (non-hydrogen) atoms. The highest BCUT2D eigenvalue weighted by molar-refractivity contribution is 5.96. The fourth-order valence-electron chi connectivity index (χ4n) is 3.65. The second-order valence-corrected chi connectivity index (χ2v) is 8.24. The average molecular weight is 484 g/mol. The zero-order chi connectivity index (χ0) is 25.3. The number of hydrogen-bond donors (Lipinski definition) is 4. The first-order valence-electron chi connectivity index (χ1n) is 11.8. The number of carbonyl (C=O) groups excluding carboxylic acids is 2. The zero-order valence-corrected chi connectivity index (χ0v) is 20.3. The highest BCUT2D eigenvalue weighted by atomic mass is 16.2. The summed E-state index contributed by atoms with van der Waals surface area (Å²) < 4.78 is 0. The lowest BCUT2D eigenvalue weighted by Crippen LogP contribution is -2.29. The van der Waals surface area contributed by atoms with E-state index < -0.39 is 0 Å². The smallest absolute Gasteiger partial charge is 0.269 e. The van der Waals surface area contributed by atoms with E-state index in [9.17, 15) is 9.59 Å². The van der Waals surface area contributed by atoms with Crippen LogP contribution < -0.4 is 21.3 Å². The van der Waals surface area contributed by atoms with Gasteiger partial charge in [-0.05, 0) is 18.4 Å². The van der Waals surface area contributed by atoms with Crippen LogP contribution in [0.5, 0.6) is 0 Å². The number of hydrogen-bond acceptors (Lipinski definition) is 7. The molecule has 4 N–H and O–H groups in total. The maximum Gasteiger partial charge on any atom is 0.269 e. The predicted molar refractivity (Wildman–Crippen MR) is 142 cm³/mol. The first kappa shape index (κ1) is 24.6. The fourth-order valence-corrected chi connectivity index (χ4v) is 3.65. The molecule has 9 heteroatoms. The van der Waals surface area contributed by atoms with Crippen LogP contribution in [0.4, 0.5) is 11.6 Å². The van der Waals surface area contributed by atoms with E-state index in [-0.39, 0.29) is 11.8 Å². The molecule has 0 fully saturated rings. The Morgan fingerprint density at radius 1 is 0.778 bits per heavy atom. The summed E-state index contributed by atoms with van der Waals surface area (Å²) in [4.78, 5) is 37.4. The molecule has 2 heterocycles. The molecule has 0 aliphatic carbocycles. The van der Waals surface area contributed by atoms with Crippen LogP contribution in [0.3, 0.4) is 0 Å². The van der Waals surface area contributed by atoms with Gasteiger partial charge in [0.05, 0.1) is 0 Å². The SMILES string of the molecule is CC(=O)NCCNc1nc(-c2ccccc2)nc(NCCNC(=O)c2cc3ccccc3cn2)c1C. The third kappa shape index (κ3) is 6.32. The van der Waals surface area contributed by atoms with E-state index >= 15 is 0 Å².